The number of nitrogens with one attached hydrogen (secondary N) is 1. The lowest BCUT2D eigenvalue weighted by Gasteiger charge is -2.22. The molecule has 3 N–H and O–H groups in total. The largest absolute Gasteiger partial charge is 0.372 e. The van der Waals surface area contributed by atoms with Crippen molar-refractivity contribution in [2.75, 3.05) is 36.4 Å². The zero-order valence-electron chi connectivity index (χ0n) is 15.5. The van der Waals surface area contributed by atoms with E-state index in [9.17, 15) is 4.79 Å². The molecule has 1 aliphatic carbocycles. The number of nitrogens with two attached hydrogens (primary N) is 1. The van der Waals surface area contributed by atoms with E-state index in [-0.39, 0.29) is 5.91 Å². The Balaban J connectivity index is 1.40. The third-order valence-corrected chi connectivity index (χ3v) is 5.68. The van der Waals surface area contributed by atoms with Gasteiger partial charge in [0.05, 0.1) is 6.54 Å². The first-order chi connectivity index (χ1) is 12.3. The van der Waals surface area contributed by atoms with Gasteiger partial charge in [0, 0.05) is 30.4 Å². The number of nitrogens with zero attached hydrogens (tertiary/aromatic N) is 1. The van der Waals surface area contributed by atoms with Gasteiger partial charge in [0.2, 0.25) is 0 Å². The fraction of sp³-hybridized carbons (Fsp3) is 0.667. The van der Waals surface area contributed by atoms with Gasteiger partial charge < -0.3 is 15.5 Å². The van der Waals surface area contributed by atoms with Crippen molar-refractivity contribution in [2.45, 2.75) is 57.8 Å². The summed E-state index contributed by atoms with van der Waals surface area (Å²) in [5.74, 6) is 0.924. The normalized spacial score (nSPS) is 19.4. The Morgan fingerprint density at radius 2 is 1.60 bits per heavy atom. The van der Waals surface area contributed by atoms with Crippen molar-refractivity contribution >= 4 is 17.3 Å². The molecule has 0 radical (unpaired) electrons. The van der Waals surface area contributed by atoms with Gasteiger partial charge in [-0.3, -0.25) is 4.79 Å². The van der Waals surface area contributed by atoms with Crippen molar-refractivity contribution in [2.24, 2.45) is 5.92 Å². The summed E-state index contributed by atoms with van der Waals surface area (Å²) in [7, 11) is 0. The molecule has 1 saturated carbocycles. The second-order valence-electron chi connectivity index (χ2n) is 7.73. The van der Waals surface area contributed by atoms with Gasteiger partial charge >= 0.3 is 0 Å². The number of benzene rings is 1. The zero-order chi connectivity index (χ0) is 17.3. The van der Waals surface area contributed by atoms with Crippen molar-refractivity contribution in [3.63, 3.8) is 0 Å². The Labute approximate surface area is 152 Å². The quantitative estimate of drug-likeness (QED) is 0.833. The molecule has 0 atom stereocenters. The molecule has 0 aromatic heterocycles. The highest BCUT2D eigenvalue weighted by Crippen LogP contribution is 2.22. The summed E-state index contributed by atoms with van der Waals surface area (Å²) in [6.45, 7) is 3.94. The lowest BCUT2D eigenvalue weighted by molar-refractivity contribution is -0.649. The summed E-state index contributed by atoms with van der Waals surface area (Å²) in [5.41, 5.74) is 2.19. The first kappa shape index (κ1) is 18.2. The molecule has 1 aromatic rings. The Morgan fingerprint density at radius 1 is 0.960 bits per heavy atom. The number of rotatable bonds is 6. The zero-order valence-corrected chi connectivity index (χ0v) is 15.5. The van der Waals surface area contributed by atoms with Crippen molar-refractivity contribution < 1.29 is 10.1 Å². The number of quaternary nitrogens is 1. The van der Waals surface area contributed by atoms with Crippen LogP contribution < -0.4 is 15.5 Å². The van der Waals surface area contributed by atoms with Gasteiger partial charge in [0.25, 0.3) is 5.91 Å². The van der Waals surface area contributed by atoms with Crippen LogP contribution in [0.5, 0.6) is 0 Å². The predicted molar refractivity (Wildman–Crippen MR) is 104 cm³/mol. The van der Waals surface area contributed by atoms with Crippen molar-refractivity contribution in [1.29, 1.82) is 0 Å². The van der Waals surface area contributed by atoms with Crippen molar-refractivity contribution in [3.8, 4) is 0 Å². The van der Waals surface area contributed by atoms with Gasteiger partial charge in [-0.15, -0.1) is 0 Å². The third kappa shape index (κ3) is 6.03. The van der Waals surface area contributed by atoms with Gasteiger partial charge in [-0.25, -0.2) is 0 Å². The molecule has 4 heteroatoms. The average Bonchev–Trinajstić information content (AvgIpc) is 2.93. The SMILES string of the molecule is O=C(C[NH2+]CC1CCCCC1)Nc1ccc(N2CCCCCC2)cc1. The van der Waals surface area contributed by atoms with E-state index < -0.39 is 0 Å². The molecule has 1 aromatic carbocycles. The van der Waals surface area contributed by atoms with E-state index in [0.717, 1.165) is 31.2 Å². The van der Waals surface area contributed by atoms with E-state index in [0.29, 0.717) is 6.54 Å². The topological polar surface area (TPSA) is 49.0 Å². The van der Waals surface area contributed by atoms with Crippen molar-refractivity contribution in [3.05, 3.63) is 24.3 Å². The minimum Gasteiger partial charge on any atom is -0.372 e. The molecule has 0 unspecified atom stereocenters. The number of hydrogen-bond acceptors (Lipinski definition) is 2. The maximum atomic E-state index is 12.1. The molecule has 1 aliphatic heterocycles. The van der Waals surface area contributed by atoms with Crippen LogP contribution in [0.4, 0.5) is 11.4 Å². The van der Waals surface area contributed by atoms with Crippen LogP contribution in [0.25, 0.3) is 0 Å². The van der Waals surface area contributed by atoms with Crippen LogP contribution in [0, 0.1) is 5.92 Å². The number of anilines is 2. The molecular formula is C21H34N3O+. The molecule has 4 nitrogen and oxygen atoms in total. The van der Waals surface area contributed by atoms with Gasteiger partial charge in [-0.2, -0.15) is 0 Å². The predicted octanol–water partition coefficient (Wildman–Crippen LogP) is 3.15. The summed E-state index contributed by atoms with van der Waals surface area (Å²) in [6, 6.07) is 8.37. The molecule has 25 heavy (non-hydrogen) atoms. The summed E-state index contributed by atoms with van der Waals surface area (Å²) in [6.07, 6.45) is 12.1. The summed E-state index contributed by atoms with van der Waals surface area (Å²) in [5, 5.41) is 5.21. The minimum atomic E-state index is 0.110. The van der Waals surface area contributed by atoms with Crippen LogP contribution in [0.1, 0.15) is 57.8 Å². The highest BCUT2D eigenvalue weighted by molar-refractivity contribution is 5.91. The molecular weight excluding hydrogens is 310 g/mol. The highest BCUT2D eigenvalue weighted by Gasteiger charge is 2.15. The van der Waals surface area contributed by atoms with Crippen LogP contribution in [-0.2, 0) is 4.79 Å². The second kappa shape index (κ2) is 9.81. The molecule has 0 bridgehead atoms. The van der Waals surface area contributed by atoms with Crippen molar-refractivity contribution in [1.82, 2.24) is 0 Å². The Morgan fingerprint density at radius 3 is 2.28 bits per heavy atom. The number of carbonyl (C=O) groups is 1. The van der Waals surface area contributed by atoms with E-state index >= 15 is 0 Å². The first-order valence-electron chi connectivity index (χ1n) is 10.3. The Kier molecular flexibility index (Phi) is 7.16. The Hall–Kier alpha value is -1.55. The highest BCUT2D eigenvalue weighted by atomic mass is 16.1. The summed E-state index contributed by atoms with van der Waals surface area (Å²) >= 11 is 0. The molecule has 0 spiro atoms. The van der Waals surface area contributed by atoms with Gasteiger partial charge in [-0.1, -0.05) is 32.1 Å². The molecule has 138 valence electrons. The molecule has 1 saturated heterocycles. The number of amides is 1. The molecule has 1 amide bonds. The summed E-state index contributed by atoms with van der Waals surface area (Å²) < 4.78 is 0. The van der Waals surface area contributed by atoms with E-state index in [1.54, 1.807) is 0 Å². The molecule has 2 aliphatic rings. The van der Waals surface area contributed by atoms with E-state index in [2.05, 4.69) is 27.7 Å². The maximum absolute atomic E-state index is 12.1. The second-order valence-corrected chi connectivity index (χ2v) is 7.73. The van der Waals surface area contributed by atoms with E-state index in [1.165, 1.54) is 63.5 Å². The monoisotopic (exact) mass is 344 g/mol. The van der Waals surface area contributed by atoms with Crippen LogP contribution in [0.15, 0.2) is 24.3 Å². The van der Waals surface area contributed by atoms with Crippen LogP contribution >= 0.6 is 0 Å². The number of hydrogen-bond donors (Lipinski definition) is 2. The van der Waals surface area contributed by atoms with Gasteiger partial charge in [0.1, 0.15) is 0 Å². The fourth-order valence-corrected chi connectivity index (χ4v) is 4.17. The minimum absolute atomic E-state index is 0.110. The van der Waals surface area contributed by atoms with Crippen LogP contribution in [0.3, 0.4) is 0 Å². The first-order valence-corrected chi connectivity index (χ1v) is 10.3. The summed E-state index contributed by atoms with van der Waals surface area (Å²) in [4.78, 5) is 14.6. The lowest BCUT2D eigenvalue weighted by atomic mass is 9.89. The smallest absolute Gasteiger partial charge is 0.279 e. The van der Waals surface area contributed by atoms with Gasteiger partial charge in [0.15, 0.2) is 6.54 Å². The average molecular weight is 345 g/mol. The van der Waals surface area contributed by atoms with Crippen LogP contribution in [0.2, 0.25) is 0 Å². The van der Waals surface area contributed by atoms with Crippen LogP contribution in [-0.4, -0.2) is 32.1 Å². The Bertz CT molecular complexity index is 514. The standard InChI is InChI=1S/C21H33N3O/c25-21(17-22-16-18-8-4-3-5-9-18)23-19-10-12-20(13-11-19)24-14-6-1-2-7-15-24/h10-13,18,22H,1-9,14-17H2,(H,23,25)/p+1. The number of carbonyl (C=O) groups excluding carboxylic acids is 1. The van der Waals surface area contributed by atoms with E-state index in [4.69, 9.17) is 0 Å². The molecule has 2 fully saturated rings. The maximum Gasteiger partial charge on any atom is 0.279 e. The van der Waals surface area contributed by atoms with E-state index in [1.807, 2.05) is 12.1 Å². The molecule has 1 heterocycles. The lowest BCUT2D eigenvalue weighted by Crippen LogP contribution is -2.87. The third-order valence-electron chi connectivity index (χ3n) is 5.68. The molecule has 3 rings (SSSR count). The fourth-order valence-electron chi connectivity index (χ4n) is 4.17. The van der Waals surface area contributed by atoms with Gasteiger partial charge in [-0.05, 0) is 49.9 Å².